The SMILES string of the molecule is O=C(Cc1ccccc1)NCCC(=O)Nc1ccccc1O. The van der Waals surface area contributed by atoms with Gasteiger partial charge in [0.25, 0.3) is 0 Å². The molecular weight excluding hydrogens is 280 g/mol. The van der Waals surface area contributed by atoms with E-state index in [-0.39, 0.29) is 30.5 Å². The second-order valence-electron chi connectivity index (χ2n) is 4.83. The van der Waals surface area contributed by atoms with Gasteiger partial charge in [-0.2, -0.15) is 0 Å². The van der Waals surface area contributed by atoms with Crippen molar-refractivity contribution >= 4 is 17.5 Å². The zero-order valence-corrected chi connectivity index (χ0v) is 12.1. The average Bonchev–Trinajstić information content (AvgIpc) is 2.50. The molecule has 2 amide bonds. The van der Waals surface area contributed by atoms with Crippen molar-refractivity contribution in [2.45, 2.75) is 12.8 Å². The zero-order chi connectivity index (χ0) is 15.8. The molecule has 3 N–H and O–H groups in total. The Labute approximate surface area is 129 Å². The molecule has 0 saturated heterocycles. The number of amides is 2. The van der Waals surface area contributed by atoms with Gasteiger partial charge in [0.1, 0.15) is 5.75 Å². The van der Waals surface area contributed by atoms with Crippen LogP contribution in [0.2, 0.25) is 0 Å². The standard InChI is InChI=1S/C17H18N2O3/c20-15-9-5-4-8-14(15)19-16(21)10-11-18-17(22)12-13-6-2-1-3-7-13/h1-9,20H,10-12H2,(H,18,22)(H,19,21). The number of carbonyl (C=O) groups excluding carboxylic acids is 2. The molecule has 0 heterocycles. The van der Waals surface area contributed by atoms with Crippen LogP contribution in [0.5, 0.6) is 5.75 Å². The highest BCUT2D eigenvalue weighted by molar-refractivity contribution is 5.92. The van der Waals surface area contributed by atoms with Gasteiger partial charge in [0.15, 0.2) is 0 Å². The monoisotopic (exact) mass is 298 g/mol. The van der Waals surface area contributed by atoms with Gasteiger partial charge in [-0.25, -0.2) is 0 Å². The maximum absolute atomic E-state index is 11.7. The van der Waals surface area contributed by atoms with Crippen LogP contribution in [0.3, 0.4) is 0 Å². The lowest BCUT2D eigenvalue weighted by Gasteiger charge is -2.08. The van der Waals surface area contributed by atoms with E-state index in [1.807, 2.05) is 30.3 Å². The summed E-state index contributed by atoms with van der Waals surface area (Å²) < 4.78 is 0. The van der Waals surface area contributed by atoms with Crippen molar-refractivity contribution in [1.82, 2.24) is 5.32 Å². The van der Waals surface area contributed by atoms with Gasteiger partial charge in [-0.1, -0.05) is 42.5 Å². The molecule has 0 aromatic heterocycles. The Morgan fingerprint density at radius 1 is 0.909 bits per heavy atom. The summed E-state index contributed by atoms with van der Waals surface area (Å²) in [4.78, 5) is 23.5. The minimum atomic E-state index is -0.262. The van der Waals surface area contributed by atoms with Gasteiger partial charge in [-0.3, -0.25) is 9.59 Å². The third kappa shape index (κ3) is 4.94. The Morgan fingerprint density at radius 2 is 1.59 bits per heavy atom. The maximum Gasteiger partial charge on any atom is 0.226 e. The number of para-hydroxylation sites is 2. The van der Waals surface area contributed by atoms with E-state index in [4.69, 9.17) is 0 Å². The molecule has 0 radical (unpaired) electrons. The van der Waals surface area contributed by atoms with E-state index in [0.717, 1.165) is 5.56 Å². The molecule has 0 aliphatic carbocycles. The molecule has 0 fully saturated rings. The summed E-state index contributed by atoms with van der Waals surface area (Å²) in [7, 11) is 0. The minimum Gasteiger partial charge on any atom is -0.506 e. The van der Waals surface area contributed by atoms with Crippen molar-refractivity contribution in [2.75, 3.05) is 11.9 Å². The Bertz CT molecular complexity index is 641. The smallest absolute Gasteiger partial charge is 0.226 e. The molecule has 2 aromatic rings. The second-order valence-corrected chi connectivity index (χ2v) is 4.83. The average molecular weight is 298 g/mol. The van der Waals surface area contributed by atoms with Gasteiger partial charge in [0, 0.05) is 13.0 Å². The van der Waals surface area contributed by atoms with Gasteiger partial charge >= 0.3 is 0 Å². The predicted octanol–water partition coefficient (Wildman–Crippen LogP) is 2.08. The van der Waals surface area contributed by atoms with Crippen molar-refractivity contribution < 1.29 is 14.7 Å². The molecular formula is C17H18N2O3. The van der Waals surface area contributed by atoms with Crippen LogP contribution in [0.4, 0.5) is 5.69 Å². The van der Waals surface area contributed by atoms with Crippen LogP contribution >= 0.6 is 0 Å². The minimum absolute atomic E-state index is 0.0176. The van der Waals surface area contributed by atoms with E-state index in [9.17, 15) is 14.7 Å². The van der Waals surface area contributed by atoms with E-state index in [1.54, 1.807) is 18.2 Å². The first kappa shape index (κ1) is 15.6. The topological polar surface area (TPSA) is 78.4 Å². The highest BCUT2D eigenvalue weighted by Gasteiger charge is 2.07. The fraction of sp³-hybridized carbons (Fsp3) is 0.176. The van der Waals surface area contributed by atoms with Crippen molar-refractivity contribution in [3.05, 3.63) is 60.2 Å². The van der Waals surface area contributed by atoms with Crippen LogP contribution in [-0.2, 0) is 16.0 Å². The summed E-state index contributed by atoms with van der Waals surface area (Å²) in [5.74, 6) is -0.368. The van der Waals surface area contributed by atoms with E-state index in [2.05, 4.69) is 10.6 Å². The number of anilines is 1. The first-order valence-electron chi connectivity index (χ1n) is 7.03. The lowest BCUT2D eigenvalue weighted by Crippen LogP contribution is -2.28. The summed E-state index contributed by atoms with van der Waals surface area (Å²) in [5.41, 5.74) is 1.29. The second kappa shape index (κ2) is 7.83. The van der Waals surface area contributed by atoms with E-state index in [1.165, 1.54) is 6.07 Å². The van der Waals surface area contributed by atoms with Gasteiger partial charge < -0.3 is 15.7 Å². The zero-order valence-electron chi connectivity index (χ0n) is 12.1. The number of carbonyl (C=O) groups is 2. The van der Waals surface area contributed by atoms with E-state index in [0.29, 0.717) is 12.1 Å². The maximum atomic E-state index is 11.7. The Kier molecular flexibility index (Phi) is 5.54. The first-order chi connectivity index (χ1) is 10.6. The summed E-state index contributed by atoms with van der Waals surface area (Å²) in [6, 6.07) is 15.9. The van der Waals surface area contributed by atoms with Crippen LogP contribution in [-0.4, -0.2) is 23.5 Å². The Balaban J connectivity index is 1.71. The molecule has 2 aromatic carbocycles. The molecule has 0 aliphatic heterocycles. The largest absolute Gasteiger partial charge is 0.506 e. The molecule has 0 saturated carbocycles. The normalized spacial score (nSPS) is 10.0. The quantitative estimate of drug-likeness (QED) is 0.714. The third-order valence-electron chi connectivity index (χ3n) is 3.06. The molecule has 22 heavy (non-hydrogen) atoms. The molecule has 0 atom stereocenters. The lowest BCUT2D eigenvalue weighted by atomic mass is 10.1. The van der Waals surface area contributed by atoms with Crippen molar-refractivity contribution in [2.24, 2.45) is 0 Å². The summed E-state index contributed by atoms with van der Waals surface area (Å²) >= 11 is 0. The number of hydrogen-bond donors (Lipinski definition) is 3. The molecule has 5 heteroatoms. The highest BCUT2D eigenvalue weighted by Crippen LogP contribution is 2.21. The number of phenols is 1. The van der Waals surface area contributed by atoms with Crippen LogP contribution in [0.15, 0.2) is 54.6 Å². The summed E-state index contributed by atoms with van der Waals surface area (Å²) in [5, 5.41) is 14.8. The van der Waals surface area contributed by atoms with Crippen LogP contribution in [0, 0.1) is 0 Å². The number of rotatable bonds is 6. The van der Waals surface area contributed by atoms with Gasteiger partial charge in [0.2, 0.25) is 11.8 Å². The number of nitrogens with one attached hydrogen (secondary N) is 2. The lowest BCUT2D eigenvalue weighted by molar-refractivity contribution is -0.120. The van der Waals surface area contributed by atoms with E-state index >= 15 is 0 Å². The Hall–Kier alpha value is -2.82. The Morgan fingerprint density at radius 3 is 2.32 bits per heavy atom. The summed E-state index contributed by atoms with van der Waals surface area (Å²) in [6.45, 7) is 0.255. The number of hydrogen-bond acceptors (Lipinski definition) is 3. The fourth-order valence-electron chi connectivity index (χ4n) is 1.95. The molecule has 2 rings (SSSR count). The van der Waals surface area contributed by atoms with Crippen molar-refractivity contribution in [3.8, 4) is 5.75 Å². The van der Waals surface area contributed by atoms with Crippen LogP contribution < -0.4 is 10.6 Å². The van der Waals surface area contributed by atoms with Gasteiger partial charge in [0.05, 0.1) is 12.1 Å². The number of benzene rings is 2. The molecule has 0 spiro atoms. The van der Waals surface area contributed by atoms with Crippen molar-refractivity contribution in [1.29, 1.82) is 0 Å². The fourth-order valence-corrected chi connectivity index (χ4v) is 1.95. The predicted molar refractivity (Wildman–Crippen MR) is 84.5 cm³/mol. The van der Waals surface area contributed by atoms with Crippen molar-refractivity contribution in [3.63, 3.8) is 0 Å². The summed E-state index contributed by atoms with van der Waals surface area (Å²) in [6.07, 6.45) is 0.441. The molecule has 0 bridgehead atoms. The molecule has 0 unspecified atom stereocenters. The number of phenolic OH excluding ortho intramolecular Hbond substituents is 1. The van der Waals surface area contributed by atoms with Gasteiger partial charge in [-0.05, 0) is 17.7 Å². The molecule has 114 valence electrons. The van der Waals surface area contributed by atoms with Crippen LogP contribution in [0.1, 0.15) is 12.0 Å². The highest BCUT2D eigenvalue weighted by atomic mass is 16.3. The van der Waals surface area contributed by atoms with E-state index < -0.39 is 0 Å². The van der Waals surface area contributed by atoms with Crippen LogP contribution in [0.25, 0.3) is 0 Å². The molecule has 0 aliphatic rings. The number of aromatic hydroxyl groups is 1. The van der Waals surface area contributed by atoms with Gasteiger partial charge in [-0.15, -0.1) is 0 Å². The molecule has 5 nitrogen and oxygen atoms in total. The first-order valence-corrected chi connectivity index (χ1v) is 7.03. The third-order valence-corrected chi connectivity index (χ3v) is 3.06.